The quantitative estimate of drug-likeness (QED) is 0.521. The van der Waals surface area contributed by atoms with Gasteiger partial charge in [-0.05, 0) is 50.7 Å². The van der Waals surface area contributed by atoms with Crippen molar-refractivity contribution in [3.05, 3.63) is 45.3 Å². The molecule has 0 radical (unpaired) electrons. The minimum absolute atomic E-state index is 0.0818. The Bertz CT molecular complexity index is 930. The smallest absolute Gasteiger partial charge is 0.341 e. The molecular formula is C21H26ClN3O5S. The fraction of sp³-hybridized carbons (Fsp3) is 0.381. The predicted molar refractivity (Wildman–Crippen MR) is 121 cm³/mol. The van der Waals surface area contributed by atoms with Gasteiger partial charge in [0.15, 0.2) is 0 Å². The minimum Gasteiger partial charge on any atom is -0.492 e. The van der Waals surface area contributed by atoms with Crippen LogP contribution in [-0.2, 0) is 9.53 Å². The number of likely N-dealkylation sites (N-methyl/N-ethyl adjacent to an activating group) is 1. The maximum atomic E-state index is 12.5. The molecule has 0 atom stereocenters. The highest BCUT2D eigenvalue weighted by Crippen LogP contribution is 2.33. The van der Waals surface area contributed by atoms with E-state index >= 15 is 0 Å². The van der Waals surface area contributed by atoms with Gasteiger partial charge in [-0.1, -0.05) is 11.6 Å². The Balaban J connectivity index is 1.98. The first kappa shape index (κ1) is 24.6. The summed E-state index contributed by atoms with van der Waals surface area (Å²) in [6.45, 7) is 4.51. The van der Waals surface area contributed by atoms with Crippen molar-refractivity contribution < 1.29 is 23.9 Å². The van der Waals surface area contributed by atoms with Crippen molar-refractivity contribution in [3.63, 3.8) is 0 Å². The van der Waals surface area contributed by atoms with E-state index < -0.39 is 5.97 Å². The number of amides is 2. The number of carbonyl (C=O) groups is 3. The Morgan fingerprint density at radius 3 is 2.48 bits per heavy atom. The van der Waals surface area contributed by atoms with E-state index in [9.17, 15) is 14.4 Å². The standard InChI is InChI=1S/C21H26ClN3O5S/c1-5-29-21(28)17-13(2)18(19(27)23-3)31-20(17)24-16(26)12-25(4)10-11-30-15-8-6-14(22)7-9-15/h6-9H,5,10-12H2,1-4H3,(H,23,27)(H,24,26). The third-order valence-electron chi connectivity index (χ3n) is 4.28. The van der Waals surface area contributed by atoms with Gasteiger partial charge >= 0.3 is 5.97 Å². The molecule has 2 N–H and O–H groups in total. The molecule has 2 amide bonds. The Morgan fingerprint density at radius 1 is 1.19 bits per heavy atom. The van der Waals surface area contributed by atoms with Crippen LogP contribution in [0.2, 0.25) is 5.02 Å². The van der Waals surface area contributed by atoms with E-state index in [0.29, 0.717) is 39.4 Å². The van der Waals surface area contributed by atoms with Gasteiger partial charge in [-0.15, -0.1) is 11.3 Å². The zero-order valence-corrected chi connectivity index (χ0v) is 19.5. The van der Waals surface area contributed by atoms with Crippen LogP contribution >= 0.6 is 22.9 Å². The highest BCUT2D eigenvalue weighted by atomic mass is 35.5. The van der Waals surface area contributed by atoms with Crippen LogP contribution < -0.4 is 15.4 Å². The van der Waals surface area contributed by atoms with Crippen LogP contribution in [0.4, 0.5) is 5.00 Å². The normalized spacial score (nSPS) is 10.6. The summed E-state index contributed by atoms with van der Waals surface area (Å²) < 4.78 is 10.7. The molecule has 2 rings (SSSR count). The molecule has 0 saturated carbocycles. The number of nitrogens with zero attached hydrogens (tertiary/aromatic N) is 1. The molecule has 1 aromatic carbocycles. The zero-order chi connectivity index (χ0) is 23.0. The Morgan fingerprint density at radius 2 is 1.87 bits per heavy atom. The van der Waals surface area contributed by atoms with E-state index in [1.165, 1.54) is 7.05 Å². The van der Waals surface area contributed by atoms with Crippen molar-refractivity contribution in [3.8, 4) is 5.75 Å². The van der Waals surface area contributed by atoms with Gasteiger partial charge < -0.3 is 20.1 Å². The summed E-state index contributed by atoms with van der Waals surface area (Å²) in [5.41, 5.74) is 0.676. The van der Waals surface area contributed by atoms with Crippen LogP contribution in [-0.4, -0.2) is 63.1 Å². The van der Waals surface area contributed by atoms with E-state index in [1.54, 1.807) is 50.1 Å². The number of carbonyl (C=O) groups excluding carboxylic acids is 3. The molecule has 0 fully saturated rings. The van der Waals surface area contributed by atoms with Gasteiger partial charge in [0.05, 0.1) is 23.6 Å². The molecule has 1 aromatic heterocycles. The second-order valence-electron chi connectivity index (χ2n) is 6.65. The van der Waals surface area contributed by atoms with Gasteiger partial charge in [0.2, 0.25) is 5.91 Å². The summed E-state index contributed by atoms with van der Waals surface area (Å²) in [5.74, 6) is -0.530. The lowest BCUT2D eigenvalue weighted by molar-refractivity contribution is -0.117. The Kier molecular flexibility index (Phi) is 9.29. The van der Waals surface area contributed by atoms with E-state index in [4.69, 9.17) is 21.1 Å². The summed E-state index contributed by atoms with van der Waals surface area (Å²) in [6, 6.07) is 7.03. The third-order valence-corrected chi connectivity index (χ3v) is 5.74. The van der Waals surface area contributed by atoms with Crippen LogP contribution in [0.25, 0.3) is 0 Å². The lowest BCUT2D eigenvalue weighted by Crippen LogP contribution is -2.33. The summed E-state index contributed by atoms with van der Waals surface area (Å²) in [4.78, 5) is 39.2. The molecule has 0 unspecified atom stereocenters. The summed E-state index contributed by atoms with van der Waals surface area (Å²) >= 11 is 6.89. The first-order valence-corrected chi connectivity index (χ1v) is 10.9. The van der Waals surface area contributed by atoms with Crippen LogP contribution in [0.15, 0.2) is 24.3 Å². The average Bonchev–Trinajstić information content (AvgIpc) is 3.04. The van der Waals surface area contributed by atoms with Gasteiger partial charge in [-0.2, -0.15) is 0 Å². The van der Waals surface area contributed by atoms with Crippen molar-refractivity contribution in [2.24, 2.45) is 0 Å². The molecule has 0 aliphatic carbocycles. The van der Waals surface area contributed by atoms with Gasteiger partial charge in [-0.3, -0.25) is 14.5 Å². The molecule has 0 aliphatic rings. The number of benzene rings is 1. The van der Waals surface area contributed by atoms with Crippen LogP contribution in [0.5, 0.6) is 5.75 Å². The van der Waals surface area contributed by atoms with E-state index in [1.807, 2.05) is 0 Å². The average molecular weight is 468 g/mol. The molecule has 1 heterocycles. The molecule has 168 valence electrons. The van der Waals surface area contributed by atoms with Crippen molar-refractivity contribution in [2.75, 3.05) is 45.7 Å². The number of hydrogen-bond acceptors (Lipinski definition) is 7. The van der Waals surface area contributed by atoms with Crippen molar-refractivity contribution >= 4 is 45.7 Å². The van der Waals surface area contributed by atoms with E-state index in [0.717, 1.165) is 11.3 Å². The lowest BCUT2D eigenvalue weighted by atomic mass is 10.1. The van der Waals surface area contributed by atoms with Crippen LogP contribution in [0, 0.1) is 6.92 Å². The molecule has 0 bridgehead atoms. The van der Waals surface area contributed by atoms with Gasteiger partial charge in [0.25, 0.3) is 5.91 Å². The van der Waals surface area contributed by atoms with E-state index in [-0.39, 0.29) is 30.5 Å². The maximum absolute atomic E-state index is 12.5. The monoisotopic (exact) mass is 467 g/mol. The van der Waals surface area contributed by atoms with Crippen LogP contribution in [0.1, 0.15) is 32.5 Å². The van der Waals surface area contributed by atoms with Gasteiger partial charge in [0.1, 0.15) is 17.4 Å². The van der Waals surface area contributed by atoms with E-state index in [2.05, 4.69) is 10.6 Å². The van der Waals surface area contributed by atoms with Crippen LogP contribution in [0.3, 0.4) is 0 Å². The molecule has 0 saturated heterocycles. The number of rotatable bonds is 10. The number of anilines is 1. The molecule has 2 aromatic rings. The fourth-order valence-corrected chi connectivity index (χ4v) is 4.00. The summed E-state index contributed by atoms with van der Waals surface area (Å²) in [7, 11) is 3.29. The SMILES string of the molecule is CCOC(=O)c1c(NC(=O)CN(C)CCOc2ccc(Cl)cc2)sc(C(=O)NC)c1C. The molecule has 0 aliphatic heterocycles. The lowest BCUT2D eigenvalue weighted by Gasteiger charge is -2.16. The number of hydrogen-bond donors (Lipinski definition) is 2. The van der Waals surface area contributed by atoms with Crippen molar-refractivity contribution in [2.45, 2.75) is 13.8 Å². The predicted octanol–water partition coefficient (Wildman–Crippen LogP) is 3.20. The zero-order valence-electron chi connectivity index (χ0n) is 17.9. The number of thiophene rings is 1. The van der Waals surface area contributed by atoms with Crippen molar-refractivity contribution in [1.82, 2.24) is 10.2 Å². The van der Waals surface area contributed by atoms with Gasteiger partial charge in [0, 0.05) is 18.6 Å². The second kappa shape index (κ2) is 11.7. The topological polar surface area (TPSA) is 97.0 Å². The van der Waals surface area contributed by atoms with Gasteiger partial charge in [-0.25, -0.2) is 4.79 Å². The fourth-order valence-electron chi connectivity index (χ4n) is 2.72. The molecule has 8 nitrogen and oxygen atoms in total. The first-order chi connectivity index (χ1) is 14.8. The molecule has 0 spiro atoms. The minimum atomic E-state index is -0.577. The first-order valence-electron chi connectivity index (χ1n) is 9.66. The highest BCUT2D eigenvalue weighted by molar-refractivity contribution is 7.18. The third kappa shape index (κ3) is 6.95. The molecule has 31 heavy (non-hydrogen) atoms. The highest BCUT2D eigenvalue weighted by Gasteiger charge is 2.26. The Labute approximate surface area is 190 Å². The maximum Gasteiger partial charge on any atom is 0.341 e. The summed E-state index contributed by atoms with van der Waals surface area (Å²) in [5, 5.41) is 6.20. The number of ether oxygens (including phenoxy) is 2. The Hall–Kier alpha value is -2.62. The molecular weight excluding hydrogens is 442 g/mol. The largest absolute Gasteiger partial charge is 0.492 e. The van der Waals surface area contributed by atoms with Crippen molar-refractivity contribution in [1.29, 1.82) is 0 Å². The second-order valence-corrected chi connectivity index (χ2v) is 8.11. The number of esters is 1. The number of nitrogens with one attached hydrogen (secondary N) is 2. The summed E-state index contributed by atoms with van der Waals surface area (Å²) in [6.07, 6.45) is 0. The molecule has 10 heteroatoms. The number of halogens is 1.